The summed E-state index contributed by atoms with van der Waals surface area (Å²) in [6.45, 7) is 5.43. The fraction of sp³-hybridized carbons (Fsp3) is 0.357. The molecule has 0 saturated heterocycles. The number of carbonyl (C=O) groups excluding carboxylic acids is 2. The lowest BCUT2D eigenvalue weighted by Gasteiger charge is -2.08. The normalized spacial score (nSPS) is 11.5. The van der Waals surface area contributed by atoms with Gasteiger partial charge in [-0.15, -0.1) is 0 Å². The molecule has 0 aromatic carbocycles. The van der Waals surface area contributed by atoms with Gasteiger partial charge in [-0.25, -0.2) is 4.79 Å². The van der Waals surface area contributed by atoms with Gasteiger partial charge in [-0.1, -0.05) is 13.8 Å². The number of pyridine rings is 1. The van der Waals surface area contributed by atoms with Gasteiger partial charge in [-0.3, -0.25) is 9.78 Å². The number of halogens is 1. The average Bonchev–Trinajstić information content (AvgIpc) is 2.35. The second kappa shape index (κ2) is 7.19. The Bertz CT molecular complexity index is 509. The topological polar surface area (TPSA) is 56.3 Å². The Hall–Kier alpha value is -1.49. The molecule has 0 bridgehead atoms. The summed E-state index contributed by atoms with van der Waals surface area (Å²) in [4.78, 5) is 27.9. The van der Waals surface area contributed by atoms with Gasteiger partial charge in [0.15, 0.2) is 5.78 Å². The predicted molar refractivity (Wildman–Crippen MR) is 76.4 cm³/mol. The van der Waals surface area contributed by atoms with Gasteiger partial charge in [-0.2, -0.15) is 0 Å². The van der Waals surface area contributed by atoms with Crippen LogP contribution in [0.5, 0.6) is 0 Å². The second-order valence-corrected chi connectivity index (χ2v) is 5.15. The third-order valence-corrected chi connectivity index (χ3v) is 2.76. The van der Waals surface area contributed by atoms with Crippen LogP contribution in [-0.4, -0.2) is 23.3 Å². The van der Waals surface area contributed by atoms with Crippen molar-refractivity contribution in [1.29, 1.82) is 0 Å². The van der Waals surface area contributed by atoms with Gasteiger partial charge in [0, 0.05) is 22.8 Å². The van der Waals surface area contributed by atoms with Crippen molar-refractivity contribution in [2.75, 3.05) is 6.61 Å². The van der Waals surface area contributed by atoms with Gasteiger partial charge in [0.25, 0.3) is 0 Å². The molecule has 0 aliphatic rings. The van der Waals surface area contributed by atoms with Crippen LogP contribution in [0.25, 0.3) is 6.08 Å². The highest BCUT2D eigenvalue weighted by molar-refractivity contribution is 9.10. The molecule has 0 unspecified atom stereocenters. The molecule has 5 heteroatoms. The molecule has 0 amide bonds. The van der Waals surface area contributed by atoms with E-state index in [4.69, 9.17) is 4.74 Å². The van der Waals surface area contributed by atoms with E-state index in [9.17, 15) is 9.59 Å². The Morgan fingerprint density at radius 2 is 2.11 bits per heavy atom. The van der Waals surface area contributed by atoms with E-state index < -0.39 is 5.97 Å². The van der Waals surface area contributed by atoms with Gasteiger partial charge in [-0.05, 0) is 40.6 Å². The number of hydrogen-bond acceptors (Lipinski definition) is 4. The molecule has 0 aliphatic heterocycles. The first-order chi connectivity index (χ1) is 8.95. The number of Topliss-reactive ketones (excluding diaryl/α,β-unsaturated/α-hetero) is 1. The fourth-order valence-electron chi connectivity index (χ4n) is 1.42. The van der Waals surface area contributed by atoms with Crippen molar-refractivity contribution < 1.29 is 14.3 Å². The number of carbonyl (C=O) groups is 2. The molecule has 4 nitrogen and oxygen atoms in total. The Morgan fingerprint density at radius 3 is 2.63 bits per heavy atom. The molecule has 0 fully saturated rings. The lowest BCUT2D eigenvalue weighted by atomic mass is 9.99. The largest absolute Gasteiger partial charge is 0.462 e. The van der Waals surface area contributed by atoms with Gasteiger partial charge < -0.3 is 4.74 Å². The van der Waals surface area contributed by atoms with E-state index >= 15 is 0 Å². The minimum atomic E-state index is -0.596. The van der Waals surface area contributed by atoms with E-state index in [-0.39, 0.29) is 23.9 Å². The number of esters is 1. The molecule has 0 atom stereocenters. The van der Waals surface area contributed by atoms with E-state index in [1.54, 1.807) is 39.2 Å². The summed E-state index contributed by atoms with van der Waals surface area (Å²) >= 11 is 3.29. The number of hydrogen-bond donors (Lipinski definition) is 0. The molecule has 1 aromatic heterocycles. The highest BCUT2D eigenvalue weighted by Crippen LogP contribution is 2.16. The van der Waals surface area contributed by atoms with E-state index in [0.29, 0.717) is 5.56 Å². The van der Waals surface area contributed by atoms with E-state index in [1.807, 2.05) is 0 Å². The minimum absolute atomic E-state index is 0.0525. The van der Waals surface area contributed by atoms with Crippen molar-refractivity contribution in [3.63, 3.8) is 0 Å². The lowest BCUT2D eigenvalue weighted by molar-refractivity contribution is -0.140. The van der Waals surface area contributed by atoms with Crippen LogP contribution < -0.4 is 0 Å². The van der Waals surface area contributed by atoms with Crippen molar-refractivity contribution in [3.8, 4) is 0 Å². The van der Waals surface area contributed by atoms with Gasteiger partial charge >= 0.3 is 5.97 Å². The van der Waals surface area contributed by atoms with Crippen LogP contribution in [0.4, 0.5) is 0 Å². The zero-order valence-electron chi connectivity index (χ0n) is 11.1. The first kappa shape index (κ1) is 15.6. The van der Waals surface area contributed by atoms with Crippen LogP contribution in [0.3, 0.4) is 0 Å². The standard InChI is InChI=1S/C14H16BrNO3/c1-4-19-14(18)12(13(17)9(2)3)6-10-5-11(15)8-16-7-10/h5-9H,4H2,1-3H3. The molecule has 1 heterocycles. The van der Waals surface area contributed by atoms with Crippen LogP contribution >= 0.6 is 15.9 Å². The zero-order valence-corrected chi connectivity index (χ0v) is 12.7. The summed E-state index contributed by atoms with van der Waals surface area (Å²) in [5.74, 6) is -1.10. The molecular weight excluding hydrogens is 310 g/mol. The van der Waals surface area contributed by atoms with Crippen LogP contribution in [0, 0.1) is 5.92 Å². The van der Waals surface area contributed by atoms with Crippen LogP contribution in [-0.2, 0) is 14.3 Å². The van der Waals surface area contributed by atoms with Gasteiger partial charge in [0.2, 0.25) is 0 Å². The summed E-state index contributed by atoms with van der Waals surface area (Å²) < 4.78 is 5.70. The quantitative estimate of drug-likeness (QED) is 0.361. The van der Waals surface area contributed by atoms with E-state index in [2.05, 4.69) is 20.9 Å². The highest BCUT2D eigenvalue weighted by atomic mass is 79.9. The number of ether oxygens (including phenoxy) is 1. The average molecular weight is 326 g/mol. The van der Waals surface area contributed by atoms with Crippen LogP contribution in [0.1, 0.15) is 26.3 Å². The Balaban J connectivity index is 3.15. The lowest BCUT2D eigenvalue weighted by Crippen LogP contribution is -2.19. The first-order valence-electron chi connectivity index (χ1n) is 5.99. The Morgan fingerprint density at radius 1 is 1.42 bits per heavy atom. The molecule has 102 valence electrons. The van der Waals surface area contributed by atoms with Crippen LogP contribution in [0.2, 0.25) is 0 Å². The van der Waals surface area contributed by atoms with E-state index in [1.165, 1.54) is 6.08 Å². The van der Waals surface area contributed by atoms with Crippen molar-refractivity contribution in [2.24, 2.45) is 5.92 Å². The molecule has 1 rings (SSSR count). The zero-order chi connectivity index (χ0) is 14.4. The number of nitrogens with zero attached hydrogens (tertiary/aromatic N) is 1. The number of rotatable bonds is 5. The van der Waals surface area contributed by atoms with Gasteiger partial charge in [0.05, 0.1) is 6.61 Å². The molecule has 0 radical (unpaired) electrons. The maximum atomic E-state index is 12.0. The fourth-order valence-corrected chi connectivity index (χ4v) is 1.81. The maximum absolute atomic E-state index is 12.0. The number of aromatic nitrogens is 1. The van der Waals surface area contributed by atoms with Crippen molar-refractivity contribution in [1.82, 2.24) is 4.98 Å². The SMILES string of the molecule is CCOC(=O)C(=Cc1cncc(Br)c1)C(=O)C(C)C. The summed E-state index contributed by atoms with van der Waals surface area (Å²) in [5.41, 5.74) is 0.725. The second-order valence-electron chi connectivity index (χ2n) is 4.23. The van der Waals surface area contributed by atoms with Crippen molar-refractivity contribution in [2.45, 2.75) is 20.8 Å². The minimum Gasteiger partial charge on any atom is -0.462 e. The highest BCUT2D eigenvalue weighted by Gasteiger charge is 2.22. The van der Waals surface area contributed by atoms with Gasteiger partial charge in [0.1, 0.15) is 5.57 Å². The molecule has 19 heavy (non-hydrogen) atoms. The summed E-state index contributed by atoms with van der Waals surface area (Å²) in [7, 11) is 0. The summed E-state index contributed by atoms with van der Waals surface area (Å²) in [5, 5.41) is 0. The third kappa shape index (κ3) is 4.59. The van der Waals surface area contributed by atoms with Crippen molar-refractivity contribution >= 4 is 33.8 Å². The summed E-state index contributed by atoms with van der Waals surface area (Å²) in [6.07, 6.45) is 4.72. The molecule has 1 aromatic rings. The Kier molecular flexibility index (Phi) is 5.89. The molecule has 0 spiro atoms. The molecule has 0 N–H and O–H groups in total. The predicted octanol–water partition coefficient (Wildman–Crippen LogP) is 3.02. The molecule has 0 saturated carbocycles. The smallest absolute Gasteiger partial charge is 0.341 e. The maximum Gasteiger partial charge on any atom is 0.341 e. The molecular formula is C14H16BrNO3. The monoisotopic (exact) mass is 325 g/mol. The van der Waals surface area contributed by atoms with Crippen LogP contribution in [0.15, 0.2) is 28.5 Å². The van der Waals surface area contributed by atoms with Crippen molar-refractivity contribution in [3.05, 3.63) is 34.1 Å². The Labute approximate surface area is 121 Å². The molecule has 0 aliphatic carbocycles. The first-order valence-corrected chi connectivity index (χ1v) is 6.78. The third-order valence-electron chi connectivity index (χ3n) is 2.32. The summed E-state index contributed by atoms with van der Waals surface area (Å²) in [6, 6.07) is 1.78. The number of ketones is 1. The van der Waals surface area contributed by atoms with E-state index in [0.717, 1.165) is 4.47 Å².